The van der Waals surface area contributed by atoms with Gasteiger partial charge in [-0.1, -0.05) is 11.6 Å². The van der Waals surface area contributed by atoms with Crippen LogP contribution >= 0.6 is 11.6 Å². The van der Waals surface area contributed by atoms with Crippen LogP contribution < -0.4 is 5.32 Å². The average Bonchev–Trinajstić information content (AvgIpc) is 2.48. The summed E-state index contributed by atoms with van der Waals surface area (Å²) in [5.41, 5.74) is 0. The van der Waals surface area contributed by atoms with Gasteiger partial charge in [-0.25, -0.2) is 8.42 Å². The Morgan fingerprint density at radius 3 is 2.71 bits per heavy atom. The van der Waals surface area contributed by atoms with Crippen LogP contribution in [-0.4, -0.2) is 51.0 Å². The van der Waals surface area contributed by atoms with E-state index in [2.05, 4.69) is 5.32 Å². The van der Waals surface area contributed by atoms with Gasteiger partial charge >= 0.3 is 5.97 Å². The van der Waals surface area contributed by atoms with Crippen LogP contribution in [0.1, 0.15) is 6.92 Å². The summed E-state index contributed by atoms with van der Waals surface area (Å²) in [6.45, 7) is 2.85. The lowest BCUT2D eigenvalue weighted by Crippen LogP contribution is -2.57. The Hall–Kier alpha value is -1.15. The topological polar surface area (TPSA) is 75.7 Å². The zero-order chi connectivity index (χ0) is 15.5. The third-order valence-corrected chi connectivity index (χ3v) is 5.35. The molecule has 116 valence electrons. The zero-order valence-electron chi connectivity index (χ0n) is 11.6. The van der Waals surface area contributed by atoms with Gasteiger partial charge in [0.15, 0.2) is 0 Å². The second kappa shape index (κ2) is 6.74. The zero-order valence-corrected chi connectivity index (χ0v) is 13.2. The van der Waals surface area contributed by atoms with Gasteiger partial charge in [0.05, 0.1) is 11.5 Å². The van der Waals surface area contributed by atoms with Gasteiger partial charge in [-0.05, 0) is 31.2 Å². The van der Waals surface area contributed by atoms with Crippen molar-refractivity contribution in [3.8, 4) is 0 Å². The summed E-state index contributed by atoms with van der Waals surface area (Å²) in [4.78, 5) is 12.1. The minimum absolute atomic E-state index is 0.114. The first kappa shape index (κ1) is 16.2. The van der Waals surface area contributed by atoms with Crippen LogP contribution in [0.4, 0.5) is 0 Å². The van der Waals surface area contributed by atoms with Crippen molar-refractivity contribution < 1.29 is 17.9 Å². The summed E-state index contributed by atoms with van der Waals surface area (Å²) in [6, 6.07) is 5.04. The molecular formula is C13H17ClN2O4S. The van der Waals surface area contributed by atoms with Crippen molar-refractivity contribution >= 4 is 27.6 Å². The fourth-order valence-corrected chi connectivity index (χ4v) is 3.86. The van der Waals surface area contributed by atoms with Crippen molar-refractivity contribution in [2.24, 2.45) is 0 Å². The number of ether oxygens (including phenoxy) is 1. The monoisotopic (exact) mass is 332 g/mol. The molecule has 1 aliphatic rings. The molecule has 1 fully saturated rings. The van der Waals surface area contributed by atoms with Crippen LogP contribution in [0.3, 0.4) is 0 Å². The molecule has 1 aliphatic heterocycles. The molecule has 8 heteroatoms. The smallest absolute Gasteiger partial charge is 0.325 e. The Labute approximate surface area is 129 Å². The van der Waals surface area contributed by atoms with Crippen LogP contribution in [0.2, 0.25) is 5.02 Å². The molecule has 0 amide bonds. The third kappa shape index (κ3) is 3.55. The highest BCUT2D eigenvalue weighted by Crippen LogP contribution is 2.21. The first-order valence-corrected chi connectivity index (χ1v) is 8.43. The highest BCUT2D eigenvalue weighted by atomic mass is 35.5. The number of nitrogens with one attached hydrogen (secondary N) is 1. The Bertz CT molecular complexity index is 603. The number of piperazine rings is 1. The number of rotatable bonds is 4. The first-order valence-electron chi connectivity index (χ1n) is 6.61. The number of nitrogens with zero attached hydrogens (tertiary/aromatic N) is 1. The largest absolute Gasteiger partial charge is 0.465 e. The number of esters is 1. The lowest BCUT2D eigenvalue weighted by Gasteiger charge is -2.33. The van der Waals surface area contributed by atoms with Crippen LogP contribution in [0.5, 0.6) is 0 Å². The Kier molecular flexibility index (Phi) is 5.21. The van der Waals surface area contributed by atoms with Crippen LogP contribution in [0.25, 0.3) is 0 Å². The SMILES string of the molecule is CCOC(=O)C1CNCCN1S(=O)(=O)c1ccc(Cl)cc1. The van der Waals surface area contributed by atoms with Gasteiger partial charge in [-0.2, -0.15) is 4.31 Å². The summed E-state index contributed by atoms with van der Waals surface area (Å²) >= 11 is 5.78. The first-order chi connectivity index (χ1) is 9.96. The highest BCUT2D eigenvalue weighted by Gasteiger charge is 2.38. The maximum absolute atomic E-state index is 12.7. The van der Waals surface area contributed by atoms with Crippen molar-refractivity contribution in [2.75, 3.05) is 26.2 Å². The second-order valence-corrected chi connectivity index (χ2v) is 6.87. The van der Waals surface area contributed by atoms with E-state index in [1.54, 1.807) is 6.92 Å². The average molecular weight is 333 g/mol. The van der Waals surface area contributed by atoms with Gasteiger partial charge in [-0.3, -0.25) is 4.79 Å². The molecule has 0 saturated carbocycles. The molecule has 1 atom stereocenters. The summed E-state index contributed by atoms with van der Waals surface area (Å²) in [7, 11) is -3.76. The molecule has 0 radical (unpaired) electrons. The molecule has 6 nitrogen and oxygen atoms in total. The highest BCUT2D eigenvalue weighted by molar-refractivity contribution is 7.89. The van der Waals surface area contributed by atoms with E-state index >= 15 is 0 Å². The molecule has 1 unspecified atom stereocenters. The molecule has 1 heterocycles. The number of benzene rings is 1. The van der Waals surface area contributed by atoms with E-state index in [0.29, 0.717) is 11.6 Å². The standard InChI is InChI=1S/C13H17ClN2O4S/c1-2-20-13(17)12-9-15-7-8-16(12)21(18,19)11-5-3-10(14)4-6-11/h3-6,12,15H,2,7-9H2,1H3. The summed E-state index contributed by atoms with van der Waals surface area (Å²) in [5, 5.41) is 3.46. The van der Waals surface area contributed by atoms with Gasteiger partial charge in [-0.15, -0.1) is 0 Å². The quantitative estimate of drug-likeness (QED) is 0.828. The van der Waals surface area contributed by atoms with E-state index < -0.39 is 22.0 Å². The molecule has 0 bridgehead atoms. The normalized spacial score (nSPS) is 20.2. The molecular weight excluding hydrogens is 316 g/mol. The number of carbonyl (C=O) groups excluding carboxylic acids is 1. The number of carbonyl (C=O) groups is 1. The van der Waals surface area contributed by atoms with Crippen LogP contribution in [-0.2, 0) is 19.6 Å². The molecule has 21 heavy (non-hydrogen) atoms. The maximum atomic E-state index is 12.7. The van der Waals surface area contributed by atoms with E-state index in [1.165, 1.54) is 28.6 Å². The minimum atomic E-state index is -3.76. The van der Waals surface area contributed by atoms with Crippen LogP contribution in [0.15, 0.2) is 29.2 Å². The summed E-state index contributed by atoms with van der Waals surface area (Å²) in [5.74, 6) is -0.540. The minimum Gasteiger partial charge on any atom is -0.465 e. The molecule has 1 aromatic rings. The van der Waals surface area contributed by atoms with E-state index in [1.807, 2.05) is 0 Å². The van der Waals surface area contributed by atoms with Crippen molar-refractivity contribution in [3.05, 3.63) is 29.3 Å². The van der Waals surface area contributed by atoms with Gasteiger partial charge in [0.1, 0.15) is 6.04 Å². The summed E-state index contributed by atoms with van der Waals surface area (Å²) < 4.78 is 31.5. The lowest BCUT2D eigenvalue weighted by atomic mass is 10.2. The van der Waals surface area contributed by atoms with E-state index in [0.717, 1.165) is 0 Å². The number of hydrogen-bond donors (Lipinski definition) is 1. The molecule has 0 spiro atoms. The molecule has 2 rings (SSSR count). The van der Waals surface area contributed by atoms with E-state index in [4.69, 9.17) is 16.3 Å². The van der Waals surface area contributed by atoms with Crippen LogP contribution in [0, 0.1) is 0 Å². The van der Waals surface area contributed by atoms with Crippen molar-refractivity contribution in [1.29, 1.82) is 0 Å². The maximum Gasteiger partial charge on any atom is 0.325 e. The van der Waals surface area contributed by atoms with Crippen molar-refractivity contribution in [1.82, 2.24) is 9.62 Å². The lowest BCUT2D eigenvalue weighted by molar-refractivity contribution is -0.148. The number of halogens is 1. The fraction of sp³-hybridized carbons (Fsp3) is 0.462. The van der Waals surface area contributed by atoms with E-state index in [9.17, 15) is 13.2 Å². The molecule has 0 aliphatic carbocycles. The number of sulfonamides is 1. The Morgan fingerprint density at radius 2 is 2.10 bits per heavy atom. The number of hydrogen-bond acceptors (Lipinski definition) is 5. The van der Waals surface area contributed by atoms with Crippen molar-refractivity contribution in [3.63, 3.8) is 0 Å². The molecule has 0 aromatic heterocycles. The molecule has 1 N–H and O–H groups in total. The third-order valence-electron chi connectivity index (χ3n) is 3.17. The van der Waals surface area contributed by atoms with Gasteiger partial charge in [0, 0.05) is 24.7 Å². The fourth-order valence-electron chi connectivity index (χ4n) is 2.15. The Balaban J connectivity index is 2.31. The second-order valence-electron chi connectivity index (χ2n) is 4.54. The predicted molar refractivity (Wildman–Crippen MR) is 78.6 cm³/mol. The Morgan fingerprint density at radius 1 is 1.43 bits per heavy atom. The van der Waals surface area contributed by atoms with E-state index in [-0.39, 0.29) is 24.6 Å². The van der Waals surface area contributed by atoms with Gasteiger partial charge in [0.2, 0.25) is 10.0 Å². The molecule has 1 aromatic carbocycles. The van der Waals surface area contributed by atoms with Gasteiger partial charge in [0.25, 0.3) is 0 Å². The van der Waals surface area contributed by atoms with Gasteiger partial charge < -0.3 is 10.1 Å². The predicted octanol–water partition coefficient (Wildman–Crippen LogP) is 0.866. The summed E-state index contributed by atoms with van der Waals surface area (Å²) in [6.07, 6.45) is 0. The molecule has 1 saturated heterocycles. The van der Waals surface area contributed by atoms with Crippen molar-refractivity contribution in [2.45, 2.75) is 17.9 Å².